The average molecular weight is 296 g/mol. The molecule has 1 N–H and O–H groups in total. The molecular weight excluding hydrogens is 280 g/mol. The molecule has 0 aliphatic carbocycles. The first-order valence-corrected chi connectivity index (χ1v) is 6.80. The van der Waals surface area contributed by atoms with Gasteiger partial charge in [0.1, 0.15) is 0 Å². The van der Waals surface area contributed by atoms with Gasteiger partial charge in [-0.15, -0.1) is 0 Å². The number of para-hydroxylation sites is 1. The van der Waals surface area contributed by atoms with Crippen LogP contribution in [0.25, 0.3) is 10.9 Å². The van der Waals surface area contributed by atoms with E-state index < -0.39 is 0 Å². The van der Waals surface area contributed by atoms with Crippen LogP contribution in [0.3, 0.4) is 0 Å². The van der Waals surface area contributed by atoms with Crippen LogP contribution in [0, 0.1) is 0 Å². The molecule has 0 saturated carbocycles. The fraction of sp³-hybridized carbons (Fsp3) is 0.118. The third-order valence-corrected chi connectivity index (χ3v) is 3.26. The zero-order valence-corrected chi connectivity index (χ0v) is 12.4. The number of hydrogen-bond acceptors (Lipinski definition) is 5. The Bertz CT molecular complexity index is 775. The predicted molar refractivity (Wildman–Crippen MR) is 85.5 cm³/mol. The average Bonchev–Trinajstić information content (AvgIpc) is 2.59. The van der Waals surface area contributed by atoms with E-state index in [4.69, 9.17) is 14.3 Å². The van der Waals surface area contributed by atoms with E-state index in [1.807, 2.05) is 42.5 Å². The van der Waals surface area contributed by atoms with E-state index in [1.165, 1.54) is 0 Å². The molecule has 3 rings (SSSR count). The van der Waals surface area contributed by atoms with Crippen LogP contribution < -0.4 is 19.8 Å². The fourth-order valence-corrected chi connectivity index (χ4v) is 2.16. The molecule has 1 heterocycles. The number of fused-ring (bicyclic) bond motifs is 1. The minimum absolute atomic E-state index is 0.632. The van der Waals surface area contributed by atoms with E-state index in [-0.39, 0.29) is 0 Å². The van der Waals surface area contributed by atoms with Crippen LogP contribution in [0.2, 0.25) is 0 Å². The summed E-state index contributed by atoms with van der Waals surface area (Å²) in [6, 6.07) is 15.1. The Hall–Kier alpha value is -2.95. The molecule has 0 bridgehead atoms. The SMILES string of the molecule is COc1cc2nccc(ONc3ccccc3)c2cc1OC. The highest BCUT2D eigenvalue weighted by Crippen LogP contribution is 2.35. The lowest BCUT2D eigenvalue weighted by Crippen LogP contribution is -2.05. The predicted octanol–water partition coefficient (Wildman–Crippen LogP) is 3.66. The first-order valence-electron chi connectivity index (χ1n) is 6.80. The molecule has 0 fully saturated rings. The molecule has 0 amide bonds. The van der Waals surface area contributed by atoms with Crippen molar-refractivity contribution in [1.29, 1.82) is 0 Å². The normalized spacial score (nSPS) is 10.3. The van der Waals surface area contributed by atoms with E-state index in [0.29, 0.717) is 17.2 Å². The number of aromatic nitrogens is 1. The molecule has 0 unspecified atom stereocenters. The highest BCUT2D eigenvalue weighted by molar-refractivity contribution is 5.88. The van der Waals surface area contributed by atoms with Gasteiger partial charge in [0, 0.05) is 23.7 Å². The summed E-state index contributed by atoms with van der Waals surface area (Å²) in [6.07, 6.45) is 1.69. The quantitative estimate of drug-likeness (QED) is 0.728. The van der Waals surface area contributed by atoms with Crippen LogP contribution in [-0.2, 0) is 0 Å². The van der Waals surface area contributed by atoms with Crippen LogP contribution in [0.5, 0.6) is 17.2 Å². The molecule has 5 nitrogen and oxygen atoms in total. The minimum Gasteiger partial charge on any atom is -0.493 e. The molecule has 0 atom stereocenters. The van der Waals surface area contributed by atoms with Gasteiger partial charge in [-0.05, 0) is 18.2 Å². The van der Waals surface area contributed by atoms with Gasteiger partial charge >= 0.3 is 0 Å². The Balaban J connectivity index is 1.95. The molecule has 0 radical (unpaired) electrons. The minimum atomic E-state index is 0.632. The molecular formula is C17H16N2O3. The summed E-state index contributed by atoms with van der Waals surface area (Å²) < 4.78 is 10.6. The van der Waals surface area contributed by atoms with Gasteiger partial charge in [0.15, 0.2) is 17.2 Å². The Morgan fingerprint density at radius 3 is 2.32 bits per heavy atom. The molecule has 0 saturated heterocycles. The molecule has 2 aromatic carbocycles. The maximum Gasteiger partial charge on any atom is 0.166 e. The van der Waals surface area contributed by atoms with Crippen LogP contribution >= 0.6 is 0 Å². The van der Waals surface area contributed by atoms with E-state index in [9.17, 15) is 0 Å². The van der Waals surface area contributed by atoms with Crippen molar-refractivity contribution in [2.45, 2.75) is 0 Å². The number of benzene rings is 2. The second-order valence-corrected chi connectivity index (χ2v) is 4.60. The van der Waals surface area contributed by atoms with Gasteiger partial charge in [0.25, 0.3) is 0 Å². The summed E-state index contributed by atoms with van der Waals surface area (Å²) in [7, 11) is 3.20. The molecule has 0 aliphatic heterocycles. The van der Waals surface area contributed by atoms with Crippen molar-refractivity contribution in [2.24, 2.45) is 0 Å². The van der Waals surface area contributed by atoms with Crippen molar-refractivity contribution in [2.75, 3.05) is 19.7 Å². The number of methoxy groups -OCH3 is 2. The number of ether oxygens (including phenoxy) is 2. The molecule has 3 aromatic rings. The van der Waals surface area contributed by atoms with Crippen molar-refractivity contribution in [3.63, 3.8) is 0 Å². The van der Waals surface area contributed by atoms with E-state index >= 15 is 0 Å². The second-order valence-electron chi connectivity index (χ2n) is 4.60. The largest absolute Gasteiger partial charge is 0.493 e. The monoisotopic (exact) mass is 296 g/mol. The molecule has 22 heavy (non-hydrogen) atoms. The summed E-state index contributed by atoms with van der Waals surface area (Å²) in [5, 5.41) is 0.837. The number of anilines is 1. The zero-order chi connectivity index (χ0) is 15.4. The van der Waals surface area contributed by atoms with Crippen molar-refractivity contribution in [3.05, 3.63) is 54.7 Å². The Morgan fingerprint density at radius 2 is 1.59 bits per heavy atom. The smallest absolute Gasteiger partial charge is 0.166 e. The van der Waals surface area contributed by atoms with Gasteiger partial charge in [-0.3, -0.25) is 4.98 Å². The summed E-state index contributed by atoms with van der Waals surface area (Å²) in [5.74, 6) is 1.93. The molecule has 1 aromatic heterocycles. The molecule has 5 heteroatoms. The third kappa shape index (κ3) is 2.74. The maximum atomic E-state index is 5.69. The summed E-state index contributed by atoms with van der Waals surface area (Å²) in [4.78, 5) is 10.0. The molecule has 0 spiro atoms. The number of nitrogens with zero attached hydrogens (tertiary/aromatic N) is 1. The van der Waals surface area contributed by atoms with Crippen molar-refractivity contribution in [1.82, 2.24) is 4.98 Å². The van der Waals surface area contributed by atoms with E-state index in [1.54, 1.807) is 26.5 Å². The third-order valence-electron chi connectivity index (χ3n) is 3.26. The summed E-state index contributed by atoms with van der Waals surface area (Å²) in [6.45, 7) is 0. The van der Waals surface area contributed by atoms with Crippen LogP contribution in [0.4, 0.5) is 5.69 Å². The highest BCUT2D eigenvalue weighted by atomic mass is 16.6. The number of rotatable bonds is 5. The highest BCUT2D eigenvalue weighted by Gasteiger charge is 2.10. The maximum absolute atomic E-state index is 5.69. The Morgan fingerprint density at radius 1 is 0.864 bits per heavy atom. The fourth-order valence-electron chi connectivity index (χ4n) is 2.16. The van der Waals surface area contributed by atoms with E-state index in [2.05, 4.69) is 10.5 Å². The van der Waals surface area contributed by atoms with Gasteiger partial charge in [0.05, 0.1) is 25.4 Å². The summed E-state index contributed by atoms with van der Waals surface area (Å²) in [5.41, 5.74) is 4.56. The lowest BCUT2D eigenvalue weighted by molar-refractivity contribution is 0.355. The van der Waals surface area contributed by atoms with Gasteiger partial charge in [-0.2, -0.15) is 0 Å². The Kier molecular flexibility index (Phi) is 3.96. The van der Waals surface area contributed by atoms with Gasteiger partial charge in [0.2, 0.25) is 0 Å². The van der Waals surface area contributed by atoms with Crippen molar-refractivity contribution >= 4 is 16.6 Å². The van der Waals surface area contributed by atoms with Crippen LogP contribution in [0.15, 0.2) is 54.7 Å². The first kappa shape index (κ1) is 14.0. The first-order chi connectivity index (χ1) is 10.8. The molecule has 112 valence electrons. The lowest BCUT2D eigenvalue weighted by atomic mass is 10.2. The number of nitrogens with one attached hydrogen (secondary N) is 1. The lowest BCUT2D eigenvalue weighted by Gasteiger charge is -2.12. The van der Waals surface area contributed by atoms with Crippen molar-refractivity contribution < 1.29 is 14.3 Å². The topological polar surface area (TPSA) is 52.6 Å². The number of pyridine rings is 1. The number of hydrogen-bond donors (Lipinski definition) is 1. The standard InChI is InChI=1S/C17H16N2O3/c1-20-16-10-13-14(11-17(16)21-2)18-9-8-15(13)22-19-12-6-4-3-5-7-12/h3-11,19H,1-2H3. The van der Waals surface area contributed by atoms with E-state index in [0.717, 1.165) is 16.6 Å². The van der Waals surface area contributed by atoms with Gasteiger partial charge < -0.3 is 14.3 Å². The zero-order valence-electron chi connectivity index (χ0n) is 12.4. The Labute approximate surface area is 128 Å². The second kappa shape index (κ2) is 6.22. The summed E-state index contributed by atoms with van der Waals surface area (Å²) >= 11 is 0. The van der Waals surface area contributed by atoms with Crippen molar-refractivity contribution in [3.8, 4) is 17.2 Å². The van der Waals surface area contributed by atoms with Gasteiger partial charge in [-0.1, -0.05) is 18.2 Å². The van der Waals surface area contributed by atoms with Crippen LogP contribution in [-0.4, -0.2) is 19.2 Å². The van der Waals surface area contributed by atoms with Gasteiger partial charge in [-0.25, -0.2) is 5.48 Å². The van der Waals surface area contributed by atoms with Crippen LogP contribution in [0.1, 0.15) is 0 Å². The molecule has 0 aliphatic rings.